The summed E-state index contributed by atoms with van der Waals surface area (Å²) in [6, 6.07) is 5.51. The highest BCUT2D eigenvalue weighted by Crippen LogP contribution is 2.22. The van der Waals surface area contributed by atoms with Gasteiger partial charge in [0.1, 0.15) is 6.33 Å². The van der Waals surface area contributed by atoms with Gasteiger partial charge in [-0.05, 0) is 18.2 Å². The first-order valence-electron chi connectivity index (χ1n) is 5.52. The first kappa shape index (κ1) is 11.2. The lowest BCUT2D eigenvalue weighted by Gasteiger charge is -2.08. The molecular formula is C11H11ClN6. The maximum absolute atomic E-state index is 6.00. The second-order valence-corrected chi connectivity index (χ2v) is 4.27. The second-order valence-electron chi connectivity index (χ2n) is 3.83. The molecule has 0 aliphatic carbocycles. The average Bonchev–Trinajstić information content (AvgIpc) is 2.86. The van der Waals surface area contributed by atoms with Gasteiger partial charge in [-0.3, -0.25) is 4.40 Å². The summed E-state index contributed by atoms with van der Waals surface area (Å²) in [4.78, 5) is 4.51. The lowest BCUT2D eigenvalue weighted by atomic mass is 10.3. The van der Waals surface area contributed by atoms with E-state index in [9.17, 15) is 0 Å². The van der Waals surface area contributed by atoms with Crippen molar-refractivity contribution in [3.05, 3.63) is 29.5 Å². The third kappa shape index (κ3) is 1.75. The van der Waals surface area contributed by atoms with Crippen LogP contribution in [-0.2, 0) is 0 Å². The molecule has 3 N–H and O–H groups in total. The van der Waals surface area contributed by atoms with Gasteiger partial charge < -0.3 is 11.1 Å². The number of rotatable bonds is 3. The lowest BCUT2D eigenvalue weighted by molar-refractivity contribution is 1.01. The van der Waals surface area contributed by atoms with E-state index in [1.807, 2.05) is 16.5 Å². The zero-order chi connectivity index (χ0) is 12.5. The van der Waals surface area contributed by atoms with Crippen LogP contribution < -0.4 is 11.1 Å². The Bertz CT molecular complexity index is 707. The van der Waals surface area contributed by atoms with Crippen LogP contribution in [0.2, 0.25) is 5.02 Å². The minimum atomic E-state index is 0.528. The SMILES string of the molecule is NCCNc1nc2ccc(Cl)cc2n2cnnc12. The van der Waals surface area contributed by atoms with Gasteiger partial charge in [0, 0.05) is 18.1 Å². The van der Waals surface area contributed by atoms with Gasteiger partial charge in [-0.1, -0.05) is 11.6 Å². The molecule has 18 heavy (non-hydrogen) atoms. The van der Waals surface area contributed by atoms with Gasteiger partial charge in [-0.2, -0.15) is 0 Å². The molecule has 0 amide bonds. The van der Waals surface area contributed by atoms with Crippen molar-refractivity contribution in [2.45, 2.75) is 0 Å². The number of aromatic nitrogens is 4. The van der Waals surface area contributed by atoms with Crippen LogP contribution in [0, 0.1) is 0 Å². The third-order valence-corrected chi connectivity index (χ3v) is 2.86. The topological polar surface area (TPSA) is 81.1 Å². The molecule has 0 unspecified atom stereocenters. The van der Waals surface area contributed by atoms with Crippen LogP contribution in [0.1, 0.15) is 0 Å². The van der Waals surface area contributed by atoms with Crippen molar-refractivity contribution < 1.29 is 0 Å². The van der Waals surface area contributed by atoms with E-state index < -0.39 is 0 Å². The van der Waals surface area contributed by atoms with Crippen molar-refractivity contribution in [2.24, 2.45) is 5.73 Å². The van der Waals surface area contributed by atoms with Crippen LogP contribution in [0.5, 0.6) is 0 Å². The Morgan fingerprint density at radius 3 is 3.11 bits per heavy atom. The molecule has 0 spiro atoms. The zero-order valence-electron chi connectivity index (χ0n) is 9.47. The monoisotopic (exact) mass is 262 g/mol. The van der Waals surface area contributed by atoms with Crippen LogP contribution in [0.25, 0.3) is 16.7 Å². The molecule has 0 bridgehead atoms. The molecule has 0 aliphatic heterocycles. The number of nitrogens with two attached hydrogens (primary N) is 1. The number of fused-ring (bicyclic) bond motifs is 3. The molecule has 1 aromatic carbocycles. The molecule has 0 fully saturated rings. The van der Waals surface area contributed by atoms with E-state index >= 15 is 0 Å². The standard InChI is InChI=1S/C11H11ClN6/c12-7-1-2-8-9(5-7)18-6-15-17-11(18)10(16-8)14-4-3-13/h1-2,5-6H,3-4,13H2,(H,14,16). The number of hydrogen-bond donors (Lipinski definition) is 2. The van der Waals surface area contributed by atoms with E-state index in [2.05, 4.69) is 20.5 Å². The fourth-order valence-electron chi connectivity index (χ4n) is 1.84. The smallest absolute Gasteiger partial charge is 0.203 e. The molecule has 0 atom stereocenters. The van der Waals surface area contributed by atoms with Gasteiger partial charge in [-0.15, -0.1) is 10.2 Å². The summed E-state index contributed by atoms with van der Waals surface area (Å²) in [5, 5.41) is 11.8. The van der Waals surface area contributed by atoms with E-state index in [0.29, 0.717) is 29.6 Å². The second kappa shape index (κ2) is 4.40. The Kier molecular flexibility index (Phi) is 2.73. The van der Waals surface area contributed by atoms with Gasteiger partial charge in [0.25, 0.3) is 0 Å². The van der Waals surface area contributed by atoms with Crippen LogP contribution in [-0.4, -0.2) is 32.7 Å². The Labute approximate surface area is 108 Å². The van der Waals surface area contributed by atoms with Crippen molar-refractivity contribution in [1.82, 2.24) is 19.6 Å². The van der Waals surface area contributed by atoms with E-state index in [4.69, 9.17) is 17.3 Å². The normalized spacial score (nSPS) is 11.2. The summed E-state index contributed by atoms with van der Waals surface area (Å²) < 4.78 is 1.85. The number of benzene rings is 1. The zero-order valence-corrected chi connectivity index (χ0v) is 10.2. The highest BCUT2D eigenvalue weighted by Gasteiger charge is 2.09. The van der Waals surface area contributed by atoms with Crippen LogP contribution in [0.15, 0.2) is 24.5 Å². The molecule has 7 heteroatoms. The van der Waals surface area contributed by atoms with Crippen LogP contribution in [0.4, 0.5) is 5.82 Å². The molecule has 3 rings (SSSR count). The Morgan fingerprint density at radius 2 is 2.28 bits per heavy atom. The lowest BCUT2D eigenvalue weighted by Crippen LogP contribution is -2.14. The number of hydrogen-bond acceptors (Lipinski definition) is 5. The Balaban J connectivity index is 2.29. The summed E-state index contributed by atoms with van der Waals surface area (Å²) in [6.07, 6.45) is 1.64. The van der Waals surface area contributed by atoms with E-state index in [-0.39, 0.29) is 0 Å². The van der Waals surface area contributed by atoms with E-state index in [0.717, 1.165) is 11.0 Å². The molecule has 0 saturated heterocycles. The van der Waals surface area contributed by atoms with Crippen LogP contribution >= 0.6 is 11.6 Å². The quantitative estimate of drug-likeness (QED) is 0.744. The van der Waals surface area contributed by atoms with Gasteiger partial charge >= 0.3 is 0 Å². The molecule has 3 aromatic rings. The minimum Gasteiger partial charge on any atom is -0.366 e. The number of halogens is 1. The summed E-state index contributed by atoms with van der Waals surface area (Å²) in [6.45, 7) is 1.16. The molecule has 2 heterocycles. The predicted molar refractivity (Wildman–Crippen MR) is 70.8 cm³/mol. The molecule has 0 radical (unpaired) electrons. The molecule has 92 valence electrons. The highest BCUT2D eigenvalue weighted by molar-refractivity contribution is 6.31. The van der Waals surface area contributed by atoms with Gasteiger partial charge in [-0.25, -0.2) is 4.98 Å². The first-order valence-corrected chi connectivity index (χ1v) is 5.90. The molecule has 0 aliphatic rings. The van der Waals surface area contributed by atoms with Crippen molar-refractivity contribution in [2.75, 3.05) is 18.4 Å². The molecule has 6 nitrogen and oxygen atoms in total. The van der Waals surface area contributed by atoms with Gasteiger partial charge in [0.05, 0.1) is 11.0 Å². The summed E-state index contributed by atoms with van der Waals surface area (Å²) >= 11 is 6.00. The number of nitrogens with zero attached hydrogens (tertiary/aromatic N) is 4. The van der Waals surface area contributed by atoms with Crippen molar-refractivity contribution >= 4 is 34.1 Å². The Morgan fingerprint density at radius 1 is 1.39 bits per heavy atom. The Hall–Kier alpha value is -1.92. The molecular weight excluding hydrogens is 252 g/mol. The summed E-state index contributed by atoms with van der Waals surface area (Å²) in [7, 11) is 0. The summed E-state index contributed by atoms with van der Waals surface area (Å²) in [5.74, 6) is 0.674. The van der Waals surface area contributed by atoms with Crippen molar-refractivity contribution in [1.29, 1.82) is 0 Å². The minimum absolute atomic E-state index is 0.528. The van der Waals surface area contributed by atoms with Gasteiger partial charge in [0.2, 0.25) is 5.65 Å². The average molecular weight is 263 g/mol. The fourth-order valence-corrected chi connectivity index (χ4v) is 2.00. The van der Waals surface area contributed by atoms with Crippen LogP contribution in [0.3, 0.4) is 0 Å². The largest absolute Gasteiger partial charge is 0.366 e. The van der Waals surface area contributed by atoms with E-state index in [1.165, 1.54) is 0 Å². The highest BCUT2D eigenvalue weighted by atomic mass is 35.5. The van der Waals surface area contributed by atoms with Crippen molar-refractivity contribution in [3.8, 4) is 0 Å². The first-order chi connectivity index (χ1) is 8.79. The third-order valence-electron chi connectivity index (χ3n) is 2.63. The maximum Gasteiger partial charge on any atom is 0.203 e. The van der Waals surface area contributed by atoms with E-state index in [1.54, 1.807) is 12.4 Å². The van der Waals surface area contributed by atoms with Crippen molar-refractivity contribution in [3.63, 3.8) is 0 Å². The maximum atomic E-state index is 6.00. The predicted octanol–water partition coefficient (Wildman–Crippen LogP) is 1.30. The fraction of sp³-hybridized carbons (Fsp3) is 0.182. The number of nitrogens with one attached hydrogen (secondary N) is 1. The summed E-state index contributed by atoms with van der Waals surface area (Å²) in [5.41, 5.74) is 7.84. The molecule has 0 saturated carbocycles. The molecule has 2 aromatic heterocycles. The van der Waals surface area contributed by atoms with Gasteiger partial charge in [0.15, 0.2) is 5.82 Å². The number of anilines is 1.